The summed E-state index contributed by atoms with van der Waals surface area (Å²) in [6, 6.07) is 7.73. The average Bonchev–Trinajstić information content (AvgIpc) is 3.41. The smallest absolute Gasteiger partial charge is 0.278 e. The van der Waals surface area contributed by atoms with E-state index in [2.05, 4.69) is 15.1 Å². The van der Waals surface area contributed by atoms with Crippen LogP contribution in [-0.4, -0.2) is 35.0 Å². The lowest BCUT2D eigenvalue weighted by Gasteiger charge is -2.14. The van der Waals surface area contributed by atoms with Crippen molar-refractivity contribution in [2.24, 2.45) is 0 Å². The monoisotopic (exact) mass is 378 g/mol. The van der Waals surface area contributed by atoms with Crippen molar-refractivity contribution in [3.8, 4) is 11.3 Å². The third-order valence-corrected chi connectivity index (χ3v) is 4.87. The molecule has 4 aromatic rings. The molecule has 0 radical (unpaired) electrons. The van der Waals surface area contributed by atoms with Crippen molar-refractivity contribution in [2.45, 2.75) is 19.6 Å². The Bertz CT molecular complexity index is 1240. The molecule has 0 aliphatic carbocycles. The van der Waals surface area contributed by atoms with Gasteiger partial charge in [0.2, 0.25) is 5.91 Å². The number of imidazole rings is 1. The Kier molecular flexibility index (Phi) is 3.61. The fourth-order valence-corrected chi connectivity index (χ4v) is 3.41. The summed E-state index contributed by atoms with van der Waals surface area (Å²) in [5, 5.41) is 3.01. The molecule has 0 atom stereocenters. The van der Waals surface area contributed by atoms with Gasteiger partial charge < -0.3 is 9.47 Å². The van der Waals surface area contributed by atoms with Gasteiger partial charge in [0.15, 0.2) is 5.65 Å². The van der Waals surface area contributed by atoms with Gasteiger partial charge in [-0.1, -0.05) is 0 Å². The van der Waals surface area contributed by atoms with Crippen LogP contribution in [-0.2, 0) is 24.4 Å². The van der Waals surface area contributed by atoms with Gasteiger partial charge >= 0.3 is 0 Å². The lowest BCUT2D eigenvalue weighted by atomic mass is 10.1. The molecule has 1 amide bonds. The van der Waals surface area contributed by atoms with Crippen LogP contribution in [0.15, 0.2) is 53.8 Å². The highest BCUT2D eigenvalue weighted by Crippen LogP contribution is 2.22. The Morgan fingerprint density at radius 2 is 2.04 bits per heavy atom. The van der Waals surface area contributed by atoms with Gasteiger partial charge in [0.25, 0.3) is 5.56 Å². The van der Waals surface area contributed by atoms with Gasteiger partial charge in [0.1, 0.15) is 12.4 Å². The third-order valence-electron chi connectivity index (χ3n) is 4.87. The molecular weight excluding hydrogens is 363 g/mol. The highest BCUT2D eigenvalue weighted by molar-refractivity contribution is 5.76. The van der Waals surface area contributed by atoms with Gasteiger partial charge in [-0.2, -0.15) is 0 Å². The number of hydrogen-bond acceptors (Lipinski definition) is 4. The average molecular weight is 378 g/mol. The van der Waals surface area contributed by atoms with Crippen molar-refractivity contribution in [1.29, 1.82) is 0 Å². The predicted octanol–water partition coefficient (Wildman–Crippen LogP) is 1.57. The van der Waals surface area contributed by atoms with Crippen LogP contribution in [0.25, 0.3) is 16.9 Å². The fraction of sp³-hybridized carbons (Fsp3) is 0.158. The molecule has 0 unspecified atom stereocenters. The number of hydrogen-bond donors (Lipinski definition) is 1. The number of H-pyrrole nitrogens is 1. The summed E-state index contributed by atoms with van der Waals surface area (Å²) in [5.41, 5.74) is 2.76. The van der Waals surface area contributed by atoms with E-state index in [1.807, 2.05) is 0 Å². The van der Waals surface area contributed by atoms with E-state index < -0.39 is 0 Å². The second kappa shape index (κ2) is 6.15. The lowest BCUT2D eigenvalue weighted by molar-refractivity contribution is -0.132. The number of halogens is 1. The number of amides is 1. The van der Waals surface area contributed by atoms with Gasteiger partial charge in [0.05, 0.1) is 36.4 Å². The van der Waals surface area contributed by atoms with E-state index in [9.17, 15) is 14.0 Å². The molecule has 28 heavy (non-hydrogen) atoms. The zero-order chi connectivity index (χ0) is 19.3. The van der Waals surface area contributed by atoms with Gasteiger partial charge in [-0.05, 0) is 29.8 Å². The van der Waals surface area contributed by atoms with E-state index in [4.69, 9.17) is 0 Å². The van der Waals surface area contributed by atoms with E-state index in [1.54, 1.807) is 46.4 Å². The minimum atomic E-state index is -0.324. The maximum atomic E-state index is 13.1. The molecule has 0 spiro atoms. The molecule has 1 aliphatic rings. The van der Waals surface area contributed by atoms with Crippen LogP contribution in [0.1, 0.15) is 11.3 Å². The number of aromatic nitrogens is 5. The van der Waals surface area contributed by atoms with E-state index in [0.29, 0.717) is 29.1 Å². The Labute approximate surface area is 157 Å². The largest absolute Gasteiger partial charge is 0.331 e. The zero-order valence-corrected chi connectivity index (χ0v) is 14.7. The first kappa shape index (κ1) is 16.4. The van der Waals surface area contributed by atoms with Crippen molar-refractivity contribution in [1.82, 2.24) is 29.0 Å². The summed E-state index contributed by atoms with van der Waals surface area (Å²) in [7, 11) is 0. The Balaban J connectivity index is 1.46. The summed E-state index contributed by atoms with van der Waals surface area (Å²) in [4.78, 5) is 35.5. The molecule has 4 heterocycles. The van der Waals surface area contributed by atoms with E-state index >= 15 is 0 Å². The second-order valence-electron chi connectivity index (χ2n) is 6.70. The van der Waals surface area contributed by atoms with Crippen molar-refractivity contribution in [3.05, 3.63) is 76.5 Å². The van der Waals surface area contributed by atoms with Gasteiger partial charge in [-0.3, -0.25) is 14.7 Å². The number of nitrogens with zero attached hydrogens (tertiary/aromatic N) is 5. The number of carbonyl (C=O) groups is 1. The molecule has 0 saturated carbocycles. The molecule has 0 bridgehead atoms. The van der Waals surface area contributed by atoms with Crippen molar-refractivity contribution in [2.75, 3.05) is 0 Å². The molecule has 3 aromatic heterocycles. The number of fused-ring (bicyclic) bond motifs is 2. The first-order valence-electron chi connectivity index (χ1n) is 8.71. The topological polar surface area (TPSA) is 88.3 Å². The first-order chi connectivity index (χ1) is 13.6. The van der Waals surface area contributed by atoms with Crippen molar-refractivity contribution >= 4 is 11.6 Å². The normalized spacial score (nSPS) is 13.2. The molecule has 5 rings (SSSR count). The summed E-state index contributed by atoms with van der Waals surface area (Å²) in [5.74, 6) is -0.425. The Morgan fingerprint density at radius 1 is 1.21 bits per heavy atom. The van der Waals surface area contributed by atoms with Gasteiger partial charge in [-0.15, -0.1) is 0 Å². The van der Waals surface area contributed by atoms with E-state index in [-0.39, 0.29) is 30.4 Å². The van der Waals surface area contributed by atoms with Crippen molar-refractivity contribution < 1.29 is 9.18 Å². The molecule has 1 N–H and O–H groups in total. The molecule has 0 fully saturated rings. The molecule has 140 valence electrons. The summed E-state index contributed by atoms with van der Waals surface area (Å²) in [6.07, 6.45) is 4.91. The van der Waals surface area contributed by atoms with Gasteiger partial charge in [0, 0.05) is 18.5 Å². The maximum absolute atomic E-state index is 13.1. The molecule has 1 aliphatic heterocycles. The Hall–Kier alpha value is -3.75. The van der Waals surface area contributed by atoms with Crippen LogP contribution in [0.4, 0.5) is 4.39 Å². The molecule has 1 aromatic carbocycles. The van der Waals surface area contributed by atoms with E-state index in [0.717, 1.165) is 5.56 Å². The molecule has 8 nitrogen and oxygen atoms in total. The number of aromatic amines is 1. The van der Waals surface area contributed by atoms with Gasteiger partial charge in [-0.25, -0.2) is 18.9 Å². The minimum absolute atomic E-state index is 0.101. The number of rotatable bonds is 3. The van der Waals surface area contributed by atoms with E-state index in [1.165, 1.54) is 16.6 Å². The molecule has 0 saturated heterocycles. The lowest BCUT2D eigenvalue weighted by Crippen LogP contribution is -2.29. The second-order valence-corrected chi connectivity index (χ2v) is 6.70. The van der Waals surface area contributed by atoms with Crippen LogP contribution < -0.4 is 5.56 Å². The highest BCUT2D eigenvalue weighted by Gasteiger charge is 2.28. The third kappa shape index (κ3) is 2.68. The predicted molar refractivity (Wildman–Crippen MR) is 97.7 cm³/mol. The van der Waals surface area contributed by atoms with Crippen LogP contribution in [0, 0.1) is 5.82 Å². The Morgan fingerprint density at radius 3 is 2.79 bits per heavy atom. The highest BCUT2D eigenvalue weighted by atomic mass is 19.1. The summed E-state index contributed by atoms with van der Waals surface area (Å²) >= 11 is 0. The summed E-state index contributed by atoms with van der Waals surface area (Å²) in [6.45, 7) is 0.691. The van der Waals surface area contributed by atoms with Crippen LogP contribution in [0.5, 0.6) is 0 Å². The quantitative estimate of drug-likeness (QED) is 0.586. The fourth-order valence-electron chi connectivity index (χ4n) is 3.41. The van der Waals surface area contributed by atoms with Crippen LogP contribution in [0.3, 0.4) is 0 Å². The summed E-state index contributed by atoms with van der Waals surface area (Å²) < 4.78 is 16.2. The molecular formula is C19H15FN6O2. The first-order valence-corrected chi connectivity index (χ1v) is 8.71. The number of carbonyl (C=O) groups excluding carboxylic acids is 1. The van der Waals surface area contributed by atoms with Crippen LogP contribution >= 0.6 is 0 Å². The van der Waals surface area contributed by atoms with Crippen LogP contribution in [0.2, 0.25) is 0 Å². The van der Waals surface area contributed by atoms with Crippen molar-refractivity contribution in [3.63, 3.8) is 0 Å². The maximum Gasteiger partial charge on any atom is 0.278 e. The zero-order valence-electron chi connectivity index (χ0n) is 14.7. The SMILES string of the molecule is O=C(Cn1ccnc1)N1Cc2nc3cc(-c4ccc(F)cc4)[nH]n3c(=O)c2C1. The number of benzene rings is 1. The standard InChI is InChI=1S/C19H15FN6O2/c20-13-3-1-12(2-4-13)15-7-17-22-16-9-25(8-14(16)19(28)26(17)23-15)18(27)10-24-6-5-21-11-24/h1-7,11,23H,8-10H2. The molecule has 9 heteroatoms. The number of nitrogens with one attached hydrogen (secondary N) is 1. The minimum Gasteiger partial charge on any atom is -0.331 e.